The molecule has 0 radical (unpaired) electrons. The van der Waals surface area contributed by atoms with Crippen molar-refractivity contribution in [3.05, 3.63) is 33.8 Å². The summed E-state index contributed by atoms with van der Waals surface area (Å²) in [7, 11) is 0. The zero-order valence-corrected chi connectivity index (χ0v) is 11.6. The minimum absolute atomic E-state index is 0.141. The SMILES string of the molecule is CC(N)CC(C)(C)Cc1cccc(Cl)c1Cl. The molecular weight excluding hydrogens is 241 g/mol. The summed E-state index contributed by atoms with van der Waals surface area (Å²) in [5.74, 6) is 0. The highest BCUT2D eigenvalue weighted by Crippen LogP contribution is 2.33. The van der Waals surface area contributed by atoms with E-state index in [9.17, 15) is 0 Å². The first-order valence-electron chi connectivity index (χ1n) is 5.50. The highest BCUT2D eigenvalue weighted by atomic mass is 35.5. The molecule has 0 saturated carbocycles. The molecule has 1 unspecified atom stereocenters. The van der Waals surface area contributed by atoms with E-state index in [1.807, 2.05) is 25.1 Å². The van der Waals surface area contributed by atoms with Crippen molar-refractivity contribution in [2.45, 2.75) is 39.7 Å². The summed E-state index contributed by atoms with van der Waals surface area (Å²) in [6.07, 6.45) is 1.86. The number of hydrogen-bond acceptors (Lipinski definition) is 1. The van der Waals surface area contributed by atoms with Crippen molar-refractivity contribution < 1.29 is 0 Å². The molecule has 1 aromatic carbocycles. The third-order valence-corrected chi connectivity index (χ3v) is 3.43. The lowest BCUT2D eigenvalue weighted by Crippen LogP contribution is -2.26. The highest BCUT2D eigenvalue weighted by Gasteiger charge is 2.21. The van der Waals surface area contributed by atoms with Gasteiger partial charge in [-0.2, -0.15) is 0 Å². The molecule has 0 amide bonds. The highest BCUT2D eigenvalue weighted by molar-refractivity contribution is 6.42. The second-order valence-corrected chi connectivity index (χ2v) is 6.02. The molecule has 0 fully saturated rings. The Kier molecular flexibility index (Phi) is 4.66. The van der Waals surface area contributed by atoms with Crippen molar-refractivity contribution in [3.8, 4) is 0 Å². The molecule has 0 heterocycles. The van der Waals surface area contributed by atoms with Crippen LogP contribution in [-0.2, 0) is 6.42 Å². The maximum atomic E-state index is 6.17. The van der Waals surface area contributed by atoms with Crippen LogP contribution in [0.2, 0.25) is 10.0 Å². The normalized spacial score (nSPS) is 13.9. The molecule has 1 atom stereocenters. The zero-order valence-electron chi connectivity index (χ0n) is 10.1. The van der Waals surface area contributed by atoms with Gasteiger partial charge in [0.1, 0.15) is 0 Å². The average Bonchev–Trinajstić information content (AvgIpc) is 2.10. The van der Waals surface area contributed by atoms with Gasteiger partial charge in [0.2, 0.25) is 0 Å². The maximum Gasteiger partial charge on any atom is 0.0624 e. The van der Waals surface area contributed by atoms with Gasteiger partial charge in [-0.15, -0.1) is 0 Å². The van der Waals surface area contributed by atoms with E-state index < -0.39 is 0 Å². The molecule has 0 aliphatic carbocycles. The summed E-state index contributed by atoms with van der Waals surface area (Å²) < 4.78 is 0. The summed E-state index contributed by atoms with van der Waals surface area (Å²) in [5.41, 5.74) is 7.08. The van der Waals surface area contributed by atoms with Crippen LogP contribution >= 0.6 is 23.2 Å². The second kappa shape index (κ2) is 5.39. The molecule has 90 valence electrons. The molecular formula is C13H19Cl2N. The Morgan fingerprint density at radius 3 is 2.50 bits per heavy atom. The minimum atomic E-state index is 0.141. The standard InChI is InChI=1S/C13H19Cl2N/c1-9(16)7-13(2,3)8-10-5-4-6-11(14)12(10)15/h4-6,9H,7-8,16H2,1-3H3. The number of nitrogens with two attached hydrogens (primary N) is 1. The molecule has 3 heteroatoms. The fraction of sp³-hybridized carbons (Fsp3) is 0.538. The van der Waals surface area contributed by atoms with Gasteiger partial charge in [-0.3, -0.25) is 0 Å². The van der Waals surface area contributed by atoms with Gasteiger partial charge in [0.25, 0.3) is 0 Å². The van der Waals surface area contributed by atoms with Crippen LogP contribution in [0.25, 0.3) is 0 Å². The monoisotopic (exact) mass is 259 g/mol. The minimum Gasteiger partial charge on any atom is -0.328 e. The van der Waals surface area contributed by atoms with E-state index in [0.717, 1.165) is 18.4 Å². The maximum absolute atomic E-state index is 6.17. The van der Waals surface area contributed by atoms with Crippen molar-refractivity contribution in [1.29, 1.82) is 0 Å². The number of benzene rings is 1. The Morgan fingerprint density at radius 2 is 1.94 bits per heavy atom. The summed E-state index contributed by atoms with van der Waals surface area (Å²) >= 11 is 12.2. The molecule has 16 heavy (non-hydrogen) atoms. The van der Waals surface area contributed by atoms with Gasteiger partial charge in [0, 0.05) is 6.04 Å². The Hall–Kier alpha value is -0.240. The lowest BCUT2D eigenvalue weighted by atomic mass is 9.80. The largest absolute Gasteiger partial charge is 0.328 e. The molecule has 0 aromatic heterocycles. The van der Waals surface area contributed by atoms with Gasteiger partial charge in [-0.1, -0.05) is 49.2 Å². The fourth-order valence-electron chi connectivity index (χ4n) is 2.14. The third-order valence-electron chi connectivity index (χ3n) is 2.58. The lowest BCUT2D eigenvalue weighted by Gasteiger charge is -2.27. The van der Waals surface area contributed by atoms with Crippen molar-refractivity contribution >= 4 is 23.2 Å². The third kappa shape index (κ3) is 3.97. The number of hydrogen-bond donors (Lipinski definition) is 1. The second-order valence-electron chi connectivity index (χ2n) is 5.24. The topological polar surface area (TPSA) is 26.0 Å². The van der Waals surface area contributed by atoms with Crippen LogP contribution in [-0.4, -0.2) is 6.04 Å². The molecule has 0 saturated heterocycles. The van der Waals surface area contributed by atoms with E-state index in [2.05, 4.69) is 13.8 Å². The van der Waals surface area contributed by atoms with Gasteiger partial charge in [-0.05, 0) is 36.8 Å². The quantitative estimate of drug-likeness (QED) is 0.858. The predicted octanol–water partition coefficient (Wildman–Crippen LogP) is 4.30. The first-order chi connectivity index (χ1) is 7.32. The lowest BCUT2D eigenvalue weighted by molar-refractivity contribution is 0.309. The molecule has 0 aliphatic rings. The zero-order chi connectivity index (χ0) is 12.3. The molecule has 1 nitrogen and oxygen atoms in total. The van der Waals surface area contributed by atoms with E-state index in [-0.39, 0.29) is 11.5 Å². The van der Waals surface area contributed by atoms with Crippen LogP contribution in [0, 0.1) is 5.41 Å². The van der Waals surface area contributed by atoms with Gasteiger partial charge in [-0.25, -0.2) is 0 Å². The molecule has 1 rings (SSSR count). The van der Waals surface area contributed by atoms with E-state index >= 15 is 0 Å². The predicted molar refractivity (Wildman–Crippen MR) is 72.2 cm³/mol. The Morgan fingerprint density at radius 1 is 1.31 bits per heavy atom. The van der Waals surface area contributed by atoms with Gasteiger partial charge >= 0.3 is 0 Å². The Bertz CT molecular complexity index is 359. The molecule has 0 spiro atoms. The van der Waals surface area contributed by atoms with Crippen LogP contribution in [0.3, 0.4) is 0 Å². The van der Waals surface area contributed by atoms with E-state index in [1.54, 1.807) is 0 Å². The molecule has 0 bridgehead atoms. The number of rotatable bonds is 4. The molecule has 0 aliphatic heterocycles. The summed E-state index contributed by atoms with van der Waals surface area (Å²) in [5, 5.41) is 1.29. The first kappa shape index (κ1) is 13.8. The number of halogens is 2. The van der Waals surface area contributed by atoms with Crippen LogP contribution in [0.1, 0.15) is 32.8 Å². The van der Waals surface area contributed by atoms with Crippen molar-refractivity contribution in [1.82, 2.24) is 0 Å². The van der Waals surface area contributed by atoms with Gasteiger partial charge < -0.3 is 5.73 Å². The van der Waals surface area contributed by atoms with E-state index in [0.29, 0.717) is 10.0 Å². The van der Waals surface area contributed by atoms with Crippen molar-refractivity contribution in [2.75, 3.05) is 0 Å². The Balaban J connectivity index is 2.83. The summed E-state index contributed by atoms with van der Waals surface area (Å²) in [4.78, 5) is 0. The molecule has 1 aromatic rings. The van der Waals surface area contributed by atoms with E-state index in [1.165, 1.54) is 0 Å². The molecule has 2 N–H and O–H groups in total. The van der Waals surface area contributed by atoms with Gasteiger partial charge in [0.05, 0.1) is 10.0 Å². The first-order valence-corrected chi connectivity index (χ1v) is 6.26. The summed E-state index contributed by atoms with van der Waals surface area (Å²) in [6.45, 7) is 6.43. The van der Waals surface area contributed by atoms with Crippen LogP contribution in [0.15, 0.2) is 18.2 Å². The fourth-order valence-corrected chi connectivity index (χ4v) is 2.53. The van der Waals surface area contributed by atoms with Crippen LogP contribution < -0.4 is 5.73 Å². The average molecular weight is 260 g/mol. The van der Waals surface area contributed by atoms with Crippen LogP contribution in [0.5, 0.6) is 0 Å². The van der Waals surface area contributed by atoms with Crippen molar-refractivity contribution in [3.63, 3.8) is 0 Å². The Labute approximate surface area is 108 Å². The van der Waals surface area contributed by atoms with E-state index in [4.69, 9.17) is 28.9 Å². The van der Waals surface area contributed by atoms with Crippen molar-refractivity contribution in [2.24, 2.45) is 11.1 Å². The smallest absolute Gasteiger partial charge is 0.0624 e. The summed E-state index contributed by atoms with van der Waals surface area (Å²) in [6, 6.07) is 5.97. The van der Waals surface area contributed by atoms with Gasteiger partial charge in [0.15, 0.2) is 0 Å². The van der Waals surface area contributed by atoms with Crippen LogP contribution in [0.4, 0.5) is 0 Å².